The first kappa shape index (κ1) is 19.7. The van der Waals surface area contributed by atoms with E-state index in [1.807, 2.05) is 6.92 Å². The SMILES string of the molecule is CC1/C(=N\N=C2\NC(=O)CS2)CC(c2ccc(F)cc2)NC1c1ccc(F)cc1. The van der Waals surface area contributed by atoms with Crippen LogP contribution in [0.5, 0.6) is 0 Å². The van der Waals surface area contributed by atoms with Crippen LogP contribution in [-0.4, -0.2) is 22.5 Å². The lowest BCUT2D eigenvalue weighted by atomic mass is 9.81. The fraction of sp³-hybridized carbons (Fsp3) is 0.286. The lowest BCUT2D eigenvalue weighted by Crippen LogP contribution is -2.41. The predicted octanol–water partition coefficient (Wildman–Crippen LogP) is 3.95. The van der Waals surface area contributed by atoms with Crippen molar-refractivity contribution in [2.24, 2.45) is 16.1 Å². The Labute approximate surface area is 171 Å². The average Bonchev–Trinajstić information content (AvgIpc) is 3.14. The number of hydrogen-bond acceptors (Lipinski definition) is 5. The van der Waals surface area contributed by atoms with Crippen LogP contribution in [0.1, 0.15) is 36.6 Å². The molecule has 2 aromatic carbocycles. The van der Waals surface area contributed by atoms with Gasteiger partial charge in [-0.15, -0.1) is 5.10 Å². The Hall–Kier alpha value is -2.58. The van der Waals surface area contributed by atoms with Gasteiger partial charge in [0.25, 0.3) is 0 Å². The Morgan fingerprint density at radius 3 is 2.17 bits per heavy atom. The van der Waals surface area contributed by atoms with E-state index in [0.717, 1.165) is 16.8 Å². The maximum absolute atomic E-state index is 13.4. The number of nitrogens with one attached hydrogen (secondary N) is 2. The predicted molar refractivity (Wildman–Crippen MR) is 111 cm³/mol. The quantitative estimate of drug-likeness (QED) is 0.748. The van der Waals surface area contributed by atoms with Crippen LogP contribution in [0.25, 0.3) is 0 Å². The zero-order chi connectivity index (χ0) is 20.4. The van der Waals surface area contributed by atoms with Crippen LogP contribution in [-0.2, 0) is 4.79 Å². The number of amides is 1. The molecule has 2 saturated heterocycles. The van der Waals surface area contributed by atoms with E-state index in [9.17, 15) is 13.6 Å². The number of thioether (sulfide) groups is 1. The van der Waals surface area contributed by atoms with E-state index >= 15 is 0 Å². The summed E-state index contributed by atoms with van der Waals surface area (Å²) in [4.78, 5) is 11.4. The van der Waals surface area contributed by atoms with Crippen molar-refractivity contribution in [2.45, 2.75) is 25.4 Å². The highest BCUT2D eigenvalue weighted by Gasteiger charge is 2.34. The van der Waals surface area contributed by atoms with E-state index in [4.69, 9.17) is 0 Å². The van der Waals surface area contributed by atoms with Crippen LogP contribution >= 0.6 is 11.8 Å². The molecule has 3 unspecified atom stereocenters. The Morgan fingerprint density at radius 2 is 1.59 bits per heavy atom. The van der Waals surface area contributed by atoms with Gasteiger partial charge in [0.05, 0.1) is 5.75 Å². The minimum atomic E-state index is -0.290. The summed E-state index contributed by atoms with van der Waals surface area (Å²) in [5.41, 5.74) is 2.74. The average molecular weight is 414 g/mol. The summed E-state index contributed by atoms with van der Waals surface area (Å²) in [6.45, 7) is 2.04. The molecule has 1 amide bonds. The van der Waals surface area contributed by atoms with E-state index in [2.05, 4.69) is 20.8 Å². The molecule has 5 nitrogen and oxygen atoms in total. The first-order valence-electron chi connectivity index (χ1n) is 9.33. The second-order valence-electron chi connectivity index (χ2n) is 7.13. The topological polar surface area (TPSA) is 65.8 Å². The molecule has 0 radical (unpaired) electrons. The molecule has 0 saturated carbocycles. The number of piperidine rings is 1. The standard InChI is InChI=1S/C21H20F2N4OS/c1-12-17(26-27-21-25-19(28)11-29-21)10-18(13-2-6-15(22)7-3-13)24-20(12)14-4-8-16(23)9-5-14/h2-9,12,18,20,24H,10-11H2,1H3,(H,25,27,28)/b26-17-. The molecule has 0 aromatic heterocycles. The first-order valence-corrected chi connectivity index (χ1v) is 10.3. The van der Waals surface area contributed by atoms with Gasteiger partial charge >= 0.3 is 0 Å². The van der Waals surface area contributed by atoms with Crippen molar-refractivity contribution in [2.75, 3.05) is 5.75 Å². The normalized spacial score (nSPS) is 27.4. The molecule has 2 heterocycles. The zero-order valence-electron chi connectivity index (χ0n) is 15.7. The fourth-order valence-electron chi connectivity index (χ4n) is 3.59. The second-order valence-corrected chi connectivity index (χ2v) is 8.09. The van der Waals surface area contributed by atoms with Crippen molar-refractivity contribution in [3.63, 3.8) is 0 Å². The van der Waals surface area contributed by atoms with Crippen LogP contribution in [0.15, 0.2) is 58.7 Å². The maximum atomic E-state index is 13.4. The summed E-state index contributed by atoms with van der Waals surface area (Å²) in [7, 11) is 0. The molecule has 2 aliphatic heterocycles. The van der Waals surface area contributed by atoms with Crippen molar-refractivity contribution in [1.29, 1.82) is 0 Å². The third kappa shape index (κ3) is 4.54. The third-order valence-corrected chi connectivity index (χ3v) is 6.04. The Morgan fingerprint density at radius 1 is 0.966 bits per heavy atom. The molecule has 4 rings (SSSR count). The summed E-state index contributed by atoms with van der Waals surface area (Å²) in [6, 6.07) is 12.6. The second kappa shape index (κ2) is 8.42. The number of carbonyl (C=O) groups is 1. The first-order chi connectivity index (χ1) is 14.0. The number of rotatable bonds is 3. The van der Waals surface area contributed by atoms with Crippen LogP contribution in [0.2, 0.25) is 0 Å². The molecule has 150 valence electrons. The summed E-state index contributed by atoms with van der Waals surface area (Å²) < 4.78 is 26.8. The van der Waals surface area contributed by atoms with Gasteiger partial charge in [0.2, 0.25) is 5.91 Å². The Balaban J connectivity index is 1.66. The fourth-order valence-corrected chi connectivity index (χ4v) is 4.22. The van der Waals surface area contributed by atoms with E-state index < -0.39 is 0 Å². The molecule has 8 heteroatoms. The van der Waals surface area contributed by atoms with E-state index in [1.54, 1.807) is 24.3 Å². The lowest BCUT2D eigenvalue weighted by molar-refractivity contribution is -0.116. The number of nitrogens with zero attached hydrogens (tertiary/aromatic N) is 2. The van der Waals surface area contributed by atoms with Gasteiger partial charge in [-0.05, 0) is 35.4 Å². The van der Waals surface area contributed by atoms with E-state index in [1.165, 1.54) is 36.0 Å². The number of hydrogen-bond donors (Lipinski definition) is 2. The molecule has 0 spiro atoms. The molecular formula is C21H20F2N4OS. The zero-order valence-corrected chi connectivity index (χ0v) is 16.5. The van der Waals surface area contributed by atoms with Crippen LogP contribution in [0, 0.1) is 17.6 Å². The summed E-state index contributed by atoms with van der Waals surface area (Å²) in [6.07, 6.45) is 0.597. The minimum Gasteiger partial charge on any atom is -0.303 e. The minimum absolute atomic E-state index is 0.00335. The Bertz CT molecular complexity index is 960. The van der Waals surface area contributed by atoms with E-state index in [-0.39, 0.29) is 35.5 Å². The van der Waals surface area contributed by atoms with Crippen molar-refractivity contribution in [3.05, 3.63) is 71.3 Å². The molecule has 2 N–H and O–H groups in total. The molecular weight excluding hydrogens is 394 g/mol. The molecule has 0 bridgehead atoms. The van der Waals surface area contributed by atoms with E-state index in [0.29, 0.717) is 17.3 Å². The molecule has 2 aromatic rings. The highest BCUT2D eigenvalue weighted by atomic mass is 32.2. The third-order valence-electron chi connectivity index (χ3n) is 5.18. The van der Waals surface area contributed by atoms with Gasteiger partial charge in [0, 0.05) is 30.1 Å². The van der Waals surface area contributed by atoms with Crippen molar-refractivity contribution in [1.82, 2.24) is 10.6 Å². The molecule has 2 fully saturated rings. The van der Waals surface area contributed by atoms with Gasteiger partial charge in [-0.3, -0.25) is 4.79 Å². The number of halogens is 2. The summed E-state index contributed by atoms with van der Waals surface area (Å²) in [5.74, 6) is -0.315. The van der Waals surface area contributed by atoms with Gasteiger partial charge < -0.3 is 10.6 Å². The Kier molecular flexibility index (Phi) is 5.73. The molecule has 2 aliphatic rings. The largest absolute Gasteiger partial charge is 0.303 e. The molecule has 0 aliphatic carbocycles. The van der Waals surface area contributed by atoms with Gasteiger partial charge in [-0.25, -0.2) is 8.78 Å². The van der Waals surface area contributed by atoms with Crippen molar-refractivity contribution < 1.29 is 13.6 Å². The maximum Gasteiger partial charge on any atom is 0.236 e. The molecule has 3 atom stereocenters. The highest BCUT2D eigenvalue weighted by molar-refractivity contribution is 8.15. The van der Waals surface area contributed by atoms with Crippen molar-refractivity contribution in [3.8, 4) is 0 Å². The molecule has 29 heavy (non-hydrogen) atoms. The lowest BCUT2D eigenvalue weighted by Gasteiger charge is -2.37. The summed E-state index contributed by atoms with van der Waals surface area (Å²) in [5, 5.41) is 15.4. The van der Waals surface area contributed by atoms with Gasteiger partial charge in [0.15, 0.2) is 5.17 Å². The van der Waals surface area contributed by atoms with Gasteiger partial charge in [0.1, 0.15) is 11.6 Å². The van der Waals surface area contributed by atoms with Crippen molar-refractivity contribution >= 4 is 28.5 Å². The number of benzene rings is 2. The number of amidine groups is 1. The van der Waals surface area contributed by atoms with Crippen LogP contribution in [0.4, 0.5) is 8.78 Å². The van der Waals surface area contributed by atoms with Crippen LogP contribution < -0.4 is 10.6 Å². The monoisotopic (exact) mass is 414 g/mol. The van der Waals surface area contributed by atoms with Crippen LogP contribution in [0.3, 0.4) is 0 Å². The smallest absolute Gasteiger partial charge is 0.236 e. The van der Waals surface area contributed by atoms with Gasteiger partial charge in [-0.2, -0.15) is 5.10 Å². The number of carbonyl (C=O) groups excluding carboxylic acids is 1. The summed E-state index contributed by atoms with van der Waals surface area (Å²) >= 11 is 1.32. The van der Waals surface area contributed by atoms with Gasteiger partial charge in [-0.1, -0.05) is 43.0 Å². The highest BCUT2D eigenvalue weighted by Crippen LogP contribution is 2.35.